The van der Waals surface area contributed by atoms with Gasteiger partial charge in [0.25, 0.3) is 0 Å². The molecule has 7 heteroatoms. The highest BCUT2D eigenvalue weighted by molar-refractivity contribution is 5.79. The second-order valence-electron chi connectivity index (χ2n) is 5.02. The third-order valence-electron chi connectivity index (χ3n) is 2.98. The molecule has 2 unspecified atom stereocenters. The van der Waals surface area contributed by atoms with Gasteiger partial charge in [0.2, 0.25) is 0 Å². The van der Waals surface area contributed by atoms with Gasteiger partial charge in [-0.05, 0) is 26.7 Å². The molecule has 0 radical (unpaired) electrons. The minimum Gasteiger partial charge on any atom is -0.479 e. The standard InChI is InChI=1S/C11H20N2O5/c1-10(4-3-5-18-10)6-12-9(16)13-7-11(2,17)8(14)15/h17H,3-7H2,1-2H3,(H,14,15)(H2,12,13,16). The van der Waals surface area contributed by atoms with Crippen LogP contribution in [0, 0.1) is 0 Å². The van der Waals surface area contributed by atoms with Crippen LogP contribution in [0.25, 0.3) is 0 Å². The van der Waals surface area contributed by atoms with Crippen LogP contribution in [0.4, 0.5) is 4.79 Å². The highest BCUT2D eigenvalue weighted by Gasteiger charge is 2.32. The fourth-order valence-electron chi connectivity index (χ4n) is 1.63. The molecule has 1 saturated heterocycles. The lowest BCUT2D eigenvalue weighted by Gasteiger charge is -2.24. The average molecular weight is 260 g/mol. The Morgan fingerprint density at radius 1 is 1.44 bits per heavy atom. The first kappa shape index (κ1) is 14.7. The van der Waals surface area contributed by atoms with E-state index in [-0.39, 0.29) is 12.1 Å². The first-order valence-electron chi connectivity index (χ1n) is 5.87. The van der Waals surface area contributed by atoms with Crippen molar-refractivity contribution < 1.29 is 24.5 Å². The molecule has 0 bridgehead atoms. The number of amides is 2. The molecular weight excluding hydrogens is 240 g/mol. The summed E-state index contributed by atoms with van der Waals surface area (Å²) >= 11 is 0. The predicted molar refractivity (Wildman–Crippen MR) is 63.3 cm³/mol. The van der Waals surface area contributed by atoms with Gasteiger partial charge >= 0.3 is 12.0 Å². The molecule has 0 spiro atoms. The summed E-state index contributed by atoms with van der Waals surface area (Å²) in [4.78, 5) is 22.0. The number of ether oxygens (including phenoxy) is 1. The van der Waals surface area contributed by atoms with Crippen LogP contribution in [-0.4, -0.2) is 53.1 Å². The first-order chi connectivity index (χ1) is 8.25. The van der Waals surface area contributed by atoms with Gasteiger partial charge < -0.3 is 25.6 Å². The Morgan fingerprint density at radius 2 is 2.11 bits per heavy atom. The fourth-order valence-corrected chi connectivity index (χ4v) is 1.63. The topological polar surface area (TPSA) is 108 Å². The second-order valence-corrected chi connectivity index (χ2v) is 5.02. The summed E-state index contributed by atoms with van der Waals surface area (Å²) in [6.45, 7) is 3.72. The van der Waals surface area contributed by atoms with E-state index in [9.17, 15) is 14.7 Å². The van der Waals surface area contributed by atoms with Gasteiger partial charge in [-0.25, -0.2) is 9.59 Å². The van der Waals surface area contributed by atoms with Crippen LogP contribution < -0.4 is 10.6 Å². The Labute approximate surface area is 106 Å². The van der Waals surface area contributed by atoms with E-state index in [1.54, 1.807) is 0 Å². The van der Waals surface area contributed by atoms with Gasteiger partial charge in [-0.1, -0.05) is 0 Å². The molecule has 4 N–H and O–H groups in total. The molecule has 0 aromatic rings. The van der Waals surface area contributed by atoms with Crippen molar-refractivity contribution in [1.29, 1.82) is 0 Å². The lowest BCUT2D eigenvalue weighted by molar-refractivity contribution is -0.155. The Kier molecular flexibility index (Phi) is 4.53. The number of carboxylic acid groups (broad SMARTS) is 1. The molecule has 1 fully saturated rings. The van der Waals surface area contributed by atoms with E-state index in [4.69, 9.17) is 9.84 Å². The molecule has 2 amide bonds. The summed E-state index contributed by atoms with van der Waals surface area (Å²) in [7, 11) is 0. The molecule has 0 saturated carbocycles. The van der Waals surface area contributed by atoms with Crippen LogP contribution in [-0.2, 0) is 9.53 Å². The van der Waals surface area contributed by atoms with Crippen molar-refractivity contribution in [3.63, 3.8) is 0 Å². The number of nitrogens with one attached hydrogen (secondary N) is 2. The van der Waals surface area contributed by atoms with Crippen molar-refractivity contribution >= 4 is 12.0 Å². The van der Waals surface area contributed by atoms with Crippen LogP contribution in [0.15, 0.2) is 0 Å². The Balaban J connectivity index is 2.28. The van der Waals surface area contributed by atoms with Gasteiger partial charge in [0.05, 0.1) is 12.1 Å². The molecule has 18 heavy (non-hydrogen) atoms. The second kappa shape index (κ2) is 5.53. The zero-order valence-electron chi connectivity index (χ0n) is 10.7. The van der Waals surface area contributed by atoms with Crippen molar-refractivity contribution in [2.45, 2.75) is 37.9 Å². The summed E-state index contributed by atoms with van der Waals surface area (Å²) in [5, 5.41) is 23.0. The molecule has 0 aliphatic carbocycles. The molecule has 1 heterocycles. The van der Waals surface area contributed by atoms with Crippen molar-refractivity contribution in [1.82, 2.24) is 10.6 Å². The molecule has 1 rings (SSSR count). The zero-order valence-corrected chi connectivity index (χ0v) is 10.7. The minimum absolute atomic E-state index is 0.355. The van der Waals surface area contributed by atoms with Crippen molar-refractivity contribution in [3.8, 4) is 0 Å². The van der Waals surface area contributed by atoms with E-state index < -0.39 is 17.6 Å². The highest BCUT2D eigenvalue weighted by atomic mass is 16.5. The molecule has 1 aliphatic rings. The number of aliphatic carboxylic acids is 1. The van der Waals surface area contributed by atoms with E-state index in [0.29, 0.717) is 13.2 Å². The maximum Gasteiger partial charge on any atom is 0.337 e. The van der Waals surface area contributed by atoms with Gasteiger partial charge in [0, 0.05) is 13.2 Å². The van der Waals surface area contributed by atoms with Gasteiger partial charge in [0.15, 0.2) is 5.60 Å². The predicted octanol–water partition coefficient (Wildman–Crippen LogP) is -0.310. The molecule has 0 aromatic carbocycles. The molecule has 104 valence electrons. The minimum atomic E-state index is -1.97. The number of carbonyl (C=O) groups is 2. The van der Waals surface area contributed by atoms with Crippen LogP contribution >= 0.6 is 0 Å². The average Bonchev–Trinajstić information content (AvgIpc) is 2.71. The highest BCUT2D eigenvalue weighted by Crippen LogP contribution is 2.23. The van der Waals surface area contributed by atoms with Gasteiger partial charge in [-0.3, -0.25) is 0 Å². The fraction of sp³-hybridized carbons (Fsp3) is 0.818. The molecule has 2 atom stereocenters. The number of carboxylic acids is 1. The lowest BCUT2D eigenvalue weighted by Crippen LogP contribution is -2.51. The number of hydrogen-bond acceptors (Lipinski definition) is 4. The third-order valence-corrected chi connectivity index (χ3v) is 2.98. The summed E-state index contributed by atoms with van der Waals surface area (Å²) in [6, 6.07) is -0.520. The molecular formula is C11H20N2O5. The number of rotatable bonds is 5. The number of carbonyl (C=O) groups excluding carboxylic acids is 1. The SMILES string of the molecule is CC1(CNC(=O)NCC(C)(O)C(=O)O)CCCO1. The number of hydrogen-bond donors (Lipinski definition) is 4. The number of urea groups is 1. The van der Waals surface area contributed by atoms with Crippen molar-refractivity contribution in [2.24, 2.45) is 0 Å². The largest absolute Gasteiger partial charge is 0.479 e. The van der Waals surface area contributed by atoms with Crippen LogP contribution in [0.2, 0.25) is 0 Å². The Bertz CT molecular complexity index is 323. The quantitative estimate of drug-likeness (QED) is 0.542. The van der Waals surface area contributed by atoms with Gasteiger partial charge in [-0.2, -0.15) is 0 Å². The lowest BCUT2D eigenvalue weighted by atomic mass is 10.0. The van der Waals surface area contributed by atoms with E-state index in [1.807, 2.05) is 6.92 Å². The van der Waals surface area contributed by atoms with Crippen molar-refractivity contribution in [3.05, 3.63) is 0 Å². The summed E-state index contributed by atoms with van der Waals surface area (Å²) < 4.78 is 5.49. The smallest absolute Gasteiger partial charge is 0.337 e. The Hall–Kier alpha value is -1.34. The van der Waals surface area contributed by atoms with E-state index in [0.717, 1.165) is 19.8 Å². The number of aliphatic hydroxyl groups is 1. The third kappa shape index (κ3) is 4.15. The zero-order chi connectivity index (χ0) is 13.8. The summed E-state index contributed by atoms with van der Waals surface area (Å²) in [5.74, 6) is -1.38. The Morgan fingerprint density at radius 3 is 2.61 bits per heavy atom. The van der Waals surface area contributed by atoms with Crippen LogP contribution in [0.5, 0.6) is 0 Å². The van der Waals surface area contributed by atoms with Crippen LogP contribution in [0.1, 0.15) is 26.7 Å². The van der Waals surface area contributed by atoms with Crippen LogP contribution in [0.3, 0.4) is 0 Å². The normalized spacial score (nSPS) is 26.4. The molecule has 7 nitrogen and oxygen atoms in total. The van der Waals surface area contributed by atoms with Crippen molar-refractivity contribution in [2.75, 3.05) is 19.7 Å². The maximum absolute atomic E-state index is 11.4. The maximum atomic E-state index is 11.4. The monoisotopic (exact) mass is 260 g/mol. The van der Waals surface area contributed by atoms with Gasteiger partial charge in [0.1, 0.15) is 0 Å². The first-order valence-corrected chi connectivity index (χ1v) is 5.87. The summed E-state index contributed by atoms with van der Waals surface area (Å²) in [5.41, 5.74) is -2.32. The van der Waals surface area contributed by atoms with E-state index >= 15 is 0 Å². The molecule has 1 aliphatic heterocycles. The summed E-state index contributed by atoms with van der Waals surface area (Å²) in [6.07, 6.45) is 1.84. The van der Waals surface area contributed by atoms with Gasteiger partial charge in [-0.15, -0.1) is 0 Å². The van der Waals surface area contributed by atoms with E-state index in [2.05, 4.69) is 10.6 Å². The molecule has 0 aromatic heterocycles. The van der Waals surface area contributed by atoms with E-state index in [1.165, 1.54) is 0 Å².